The van der Waals surface area contributed by atoms with Crippen molar-refractivity contribution < 1.29 is 4.42 Å². The van der Waals surface area contributed by atoms with E-state index in [1.165, 1.54) is 53.9 Å². The maximum absolute atomic E-state index is 6.25. The second kappa shape index (κ2) is 13.4. The van der Waals surface area contributed by atoms with Crippen molar-refractivity contribution in [1.82, 2.24) is 15.0 Å². The molecule has 0 N–H and O–H groups in total. The van der Waals surface area contributed by atoms with E-state index < -0.39 is 0 Å². The van der Waals surface area contributed by atoms with Crippen LogP contribution in [0.25, 0.3) is 94.0 Å². The van der Waals surface area contributed by atoms with Crippen molar-refractivity contribution in [3.63, 3.8) is 0 Å². The largest absolute Gasteiger partial charge is 0.456 e. The Morgan fingerprint density at radius 2 is 0.982 bits per heavy atom. The van der Waals surface area contributed by atoms with Gasteiger partial charge in [0.25, 0.3) is 0 Å². The van der Waals surface area contributed by atoms with E-state index in [4.69, 9.17) is 19.4 Å². The molecule has 0 fully saturated rings. The van der Waals surface area contributed by atoms with Crippen LogP contribution in [0.2, 0.25) is 0 Å². The van der Waals surface area contributed by atoms with Crippen molar-refractivity contribution in [1.29, 1.82) is 0 Å². The van der Waals surface area contributed by atoms with E-state index in [1.807, 2.05) is 65.9 Å². The summed E-state index contributed by atoms with van der Waals surface area (Å²) < 4.78 is 7.57. The van der Waals surface area contributed by atoms with Gasteiger partial charge in [0.2, 0.25) is 0 Å². The van der Waals surface area contributed by atoms with Crippen LogP contribution in [0.4, 0.5) is 0 Å². The molecule has 7 aromatic carbocycles. The van der Waals surface area contributed by atoms with Gasteiger partial charge in [-0.2, -0.15) is 0 Å². The number of fused-ring (bicyclic) bond motifs is 6. The number of hydrogen-bond acceptors (Lipinski definition) is 5. The quantitative estimate of drug-likeness (QED) is 0.171. The third kappa shape index (κ3) is 5.72. The van der Waals surface area contributed by atoms with Crippen molar-refractivity contribution in [2.24, 2.45) is 0 Å². The van der Waals surface area contributed by atoms with Gasteiger partial charge in [0.05, 0.1) is 0 Å². The molecule has 264 valence electrons. The van der Waals surface area contributed by atoms with E-state index in [0.29, 0.717) is 17.5 Å². The fourth-order valence-electron chi connectivity index (χ4n) is 8.02. The van der Waals surface area contributed by atoms with Crippen LogP contribution in [0, 0.1) is 0 Å². The molecule has 1 aliphatic rings. The van der Waals surface area contributed by atoms with E-state index in [2.05, 4.69) is 121 Å². The Bertz CT molecular complexity index is 3120. The number of benzene rings is 7. The first-order chi connectivity index (χ1) is 27.7. The molecule has 0 radical (unpaired) electrons. The topological polar surface area (TPSA) is 51.8 Å². The molecule has 0 saturated heterocycles. The van der Waals surface area contributed by atoms with Gasteiger partial charge in [-0.15, -0.1) is 11.3 Å². The summed E-state index contributed by atoms with van der Waals surface area (Å²) in [7, 11) is 0. The predicted molar refractivity (Wildman–Crippen MR) is 232 cm³/mol. The number of aromatic nitrogens is 3. The molecular formula is C51H33N3OS. The zero-order valence-corrected chi connectivity index (χ0v) is 31.1. The smallest absolute Gasteiger partial charge is 0.164 e. The molecule has 11 rings (SSSR count). The zero-order chi connectivity index (χ0) is 37.0. The van der Waals surface area contributed by atoms with E-state index in [-0.39, 0.29) is 0 Å². The number of allylic oxidation sites excluding steroid dienone is 1. The number of furan rings is 1. The first-order valence-electron chi connectivity index (χ1n) is 19.0. The Labute approximate surface area is 328 Å². The lowest BCUT2D eigenvalue weighted by atomic mass is 9.90. The zero-order valence-electron chi connectivity index (χ0n) is 30.3. The van der Waals surface area contributed by atoms with Crippen LogP contribution >= 0.6 is 11.3 Å². The number of rotatable bonds is 6. The molecule has 3 aromatic heterocycles. The number of para-hydroxylation sites is 1. The lowest BCUT2D eigenvalue weighted by molar-refractivity contribution is 0.669. The summed E-state index contributed by atoms with van der Waals surface area (Å²) in [6.45, 7) is 0. The highest BCUT2D eigenvalue weighted by Crippen LogP contribution is 2.44. The average Bonchev–Trinajstić information content (AvgIpc) is 3.85. The molecule has 0 bridgehead atoms. The van der Waals surface area contributed by atoms with Gasteiger partial charge in [0.1, 0.15) is 11.2 Å². The first-order valence-corrected chi connectivity index (χ1v) is 19.8. The van der Waals surface area contributed by atoms with Crippen LogP contribution in [-0.4, -0.2) is 15.0 Å². The molecule has 4 nitrogen and oxygen atoms in total. The first kappa shape index (κ1) is 32.5. The molecular weight excluding hydrogens is 703 g/mol. The Balaban J connectivity index is 0.964. The number of thiophene rings is 1. The lowest BCUT2D eigenvalue weighted by Gasteiger charge is -2.16. The summed E-state index contributed by atoms with van der Waals surface area (Å²) in [5.74, 6) is 1.88. The van der Waals surface area contributed by atoms with E-state index in [9.17, 15) is 0 Å². The molecule has 0 amide bonds. The number of nitrogens with zero attached hydrogens (tertiary/aromatic N) is 3. The molecule has 10 aromatic rings. The fraction of sp³-hybridized carbons (Fsp3) is 0.0392. The Hall–Kier alpha value is -6.95. The van der Waals surface area contributed by atoms with Crippen LogP contribution in [0.3, 0.4) is 0 Å². The Kier molecular flexibility index (Phi) is 7.78. The second-order valence-electron chi connectivity index (χ2n) is 14.3. The number of aryl methyl sites for hydroxylation is 1. The summed E-state index contributed by atoms with van der Waals surface area (Å²) in [6, 6.07) is 59.6. The minimum Gasteiger partial charge on any atom is -0.456 e. The molecule has 0 spiro atoms. The fourth-order valence-corrected chi connectivity index (χ4v) is 9.32. The van der Waals surface area contributed by atoms with Crippen molar-refractivity contribution in [3.8, 4) is 56.4 Å². The van der Waals surface area contributed by atoms with Crippen LogP contribution in [0.1, 0.15) is 22.4 Å². The van der Waals surface area contributed by atoms with Crippen molar-refractivity contribution in [2.45, 2.75) is 12.8 Å². The molecule has 1 aliphatic carbocycles. The van der Waals surface area contributed by atoms with Gasteiger partial charge in [-0.05, 0) is 93.6 Å². The van der Waals surface area contributed by atoms with Gasteiger partial charge < -0.3 is 4.42 Å². The number of hydrogen-bond donors (Lipinski definition) is 0. The summed E-state index contributed by atoms with van der Waals surface area (Å²) in [4.78, 5) is 16.5. The maximum Gasteiger partial charge on any atom is 0.164 e. The summed E-state index contributed by atoms with van der Waals surface area (Å²) in [5.41, 5.74) is 13.3. The van der Waals surface area contributed by atoms with Crippen LogP contribution in [-0.2, 0) is 6.42 Å². The minimum atomic E-state index is 0.607. The van der Waals surface area contributed by atoms with Gasteiger partial charge >= 0.3 is 0 Å². The van der Waals surface area contributed by atoms with Crippen LogP contribution < -0.4 is 0 Å². The third-order valence-corrected chi connectivity index (χ3v) is 12.1. The van der Waals surface area contributed by atoms with E-state index >= 15 is 0 Å². The molecule has 0 aliphatic heterocycles. The minimum absolute atomic E-state index is 0.607. The Morgan fingerprint density at radius 3 is 1.77 bits per heavy atom. The lowest BCUT2D eigenvalue weighted by Crippen LogP contribution is -2.01. The van der Waals surface area contributed by atoms with E-state index in [1.54, 1.807) is 0 Å². The molecule has 5 heteroatoms. The van der Waals surface area contributed by atoms with Gasteiger partial charge in [-0.25, -0.2) is 15.0 Å². The molecule has 56 heavy (non-hydrogen) atoms. The average molecular weight is 736 g/mol. The summed E-state index contributed by atoms with van der Waals surface area (Å²) in [5, 5.41) is 3.53. The summed E-state index contributed by atoms with van der Waals surface area (Å²) >= 11 is 1.89. The third-order valence-electron chi connectivity index (χ3n) is 10.8. The molecule has 3 heterocycles. The SMILES string of the molecule is C1=C(c2cccc(-c3nc(-c4ccccc4)nc(-c4ccc5c(c4)oc4ccccc45)n3)c2)c2sc3ccc(-c4ccc(-c5ccccc5)cc4)cc3c2CC1. The normalized spacial score (nSPS) is 12.6. The van der Waals surface area contributed by atoms with Gasteiger partial charge in [0.15, 0.2) is 17.5 Å². The monoisotopic (exact) mass is 735 g/mol. The van der Waals surface area contributed by atoms with Crippen molar-refractivity contribution >= 4 is 48.9 Å². The van der Waals surface area contributed by atoms with Crippen molar-refractivity contribution in [3.05, 3.63) is 192 Å². The highest BCUT2D eigenvalue weighted by atomic mass is 32.1. The van der Waals surface area contributed by atoms with Gasteiger partial charge in [-0.1, -0.05) is 140 Å². The van der Waals surface area contributed by atoms with Crippen LogP contribution in [0.15, 0.2) is 180 Å². The van der Waals surface area contributed by atoms with Crippen LogP contribution in [0.5, 0.6) is 0 Å². The Morgan fingerprint density at radius 1 is 0.411 bits per heavy atom. The molecule has 0 unspecified atom stereocenters. The van der Waals surface area contributed by atoms with Gasteiger partial charge in [0, 0.05) is 37.0 Å². The summed E-state index contributed by atoms with van der Waals surface area (Å²) in [6.07, 6.45) is 4.42. The van der Waals surface area contributed by atoms with E-state index in [0.717, 1.165) is 51.5 Å². The maximum atomic E-state index is 6.25. The predicted octanol–water partition coefficient (Wildman–Crippen LogP) is 13.7. The standard InChI is InChI=1S/C51H33N3OS/c1-3-11-32(12-4-1)33-21-23-34(24-22-33)36-26-28-47-44(30-36)43-19-10-18-40(48(43)56-47)37-15-9-16-38(29-37)50-52-49(35-13-5-2-6-14-35)53-51(54-50)39-25-27-42-41-17-7-8-20-45(41)55-46(42)31-39/h1-9,11-18,20-31H,10,19H2. The highest BCUT2D eigenvalue weighted by molar-refractivity contribution is 7.20. The molecule has 0 atom stereocenters. The second-order valence-corrected chi connectivity index (χ2v) is 15.3. The highest BCUT2D eigenvalue weighted by Gasteiger charge is 2.22. The van der Waals surface area contributed by atoms with Gasteiger partial charge in [-0.3, -0.25) is 0 Å². The van der Waals surface area contributed by atoms with Crippen molar-refractivity contribution in [2.75, 3.05) is 0 Å². The molecule has 0 saturated carbocycles.